The van der Waals surface area contributed by atoms with Crippen LogP contribution in [0.25, 0.3) is 10.6 Å². The molecule has 0 bridgehead atoms. The quantitative estimate of drug-likeness (QED) is 0.755. The minimum Gasteiger partial charge on any atom is -0.298 e. The van der Waals surface area contributed by atoms with Gasteiger partial charge in [0.2, 0.25) is 0 Å². The molecule has 3 nitrogen and oxygen atoms in total. The van der Waals surface area contributed by atoms with Crippen molar-refractivity contribution in [3.63, 3.8) is 0 Å². The van der Waals surface area contributed by atoms with Gasteiger partial charge in [-0.05, 0) is 24.3 Å². The van der Waals surface area contributed by atoms with E-state index in [1.807, 2.05) is 28.4 Å². The number of rotatable bonds is 5. The second-order valence-electron chi connectivity index (χ2n) is 3.98. The molecule has 0 aliphatic rings. The highest BCUT2D eigenvalue weighted by atomic mass is 32.1. The van der Waals surface area contributed by atoms with Crippen LogP contribution in [0.1, 0.15) is 43.1 Å². The Kier molecular flexibility index (Phi) is 3.74. The van der Waals surface area contributed by atoms with Gasteiger partial charge in [0.05, 0.1) is 16.5 Å². The van der Waals surface area contributed by atoms with E-state index < -0.39 is 0 Å². The van der Waals surface area contributed by atoms with Crippen molar-refractivity contribution in [1.82, 2.24) is 9.78 Å². The van der Waals surface area contributed by atoms with E-state index >= 15 is 0 Å². The van der Waals surface area contributed by atoms with Crippen LogP contribution in [0.3, 0.4) is 0 Å². The summed E-state index contributed by atoms with van der Waals surface area (Å²) in [4.78, 5) is 12.1. The first-order chi connectivity index (χ1) is 8.30. The Morgan fingerprint density at radius 1 is 1.47 bits per heavy atom. The molecule has 2 heterocycles. The number of nitrogens with zero attached hydrogens (tertiary/aromatic N) is 2. The molecular formula is C13H16N2OS. The van der Waals surface area contributed by atoms with Gasteiger partial charge in [0, 0.05) is 6.20 Å². The summed E-state index contributed by atoms with van der Waals surface area (Å²) in [5.41, 5.74) is 1.49. The fraction of sp³-hybridized carbons (Fsp3) is 0.385. The van der Waals surface area contributed by atoms with E-state index in [9.17, 15) is 4.79 Å². The molecule has 0 aromatic carbocycles. The number of aldehydes is 1. The molecule has 0 spiro atoms. The average molecular weight is 248 g/mol. The lowest BCUT2D eigenvalue weighted by Gasteiger charge is -2.12. The van der Waals surface area contributed by atoms with Crippen LogP contribution < -0.4 is 0 Å². The number of carbonyl (C=O) groups excluding carboxylic acids is 1. The summed E-state index contributed by atoms with van der Waals surface area (Å²) >= 11 is 1.61. The number of hydrogen-bond acceptors (Lipinski definition) is 3. The lowest BCUT2D eigenvalue weighted by molar-refractivity contribution is 0.112. The van der Waals surface area contributed by atoms with Crippen molar-refractivity contribution in [3.8, 4) is 10.6 Å². The second kappa shape index (κ2) is 5.27. The Morgan fingerprint density at radius 2 is 2.24 bits per heavy atom. The van der Waals surface area contributed by atoms with Crippen LogP contribution in [0.5, 0.6) is 0 Å². The standard InChI is InChI=1S/C13H16N2OS/c1-3-11(4-2)15-8-10(9-16)13(14-15)12-6-5-7-17-12/h5-9,11H,3-4H2,1-2H3. The second-order valence-corrected chi connectivity index (χ2v) is 4.93. The SMILES string of the molecule is CCC(CC)n1cc(C=O)c(-c2cccs2)n1. The van der Waals surface area contributed by atoms with Gasteiger partial charge in [-0.25, -0.2) is 0 Å². The first-order valence-corrected chi connectivity index (χ1v) is 6.76. The molecule has 0 amide bonds. The normalized spacial score (nSPS) is 11.0. The van der Waals surface area contributed by atoms with E-state index in [1.54, 1.807) is 11.3 Å². The van der Waals surface area contributed by atoms with Gasteiger partial charge in [0.25, 0.3) is 0 Å². The molecule has 0 saturated carbocycles. The van der Waals surface area contributed by atoms with Gasteiger partial charge < -0.3 is 0 Å². The fourth-order valence-electron chi connectivity index (χ4n) is 1.95. The third kappa shape index (κ3) is 2.31. The lowest BCUT2D eigenvalue weighted by atomic mass is 10.2. The highest BCUT2D eigenvalue weighted by molar-refractivity contribution is 7.13. The molecule has 0 atom stereocenters. The zero-order valence-corrected chi connectivity index (χ0v) is 10.9. The van der Waals surface area contributed by atoms with Crippen LogP contribution >= 0.6 is 11.3 Å². The number of aromatic nitrogens is 2. The maximum absolute atomic E-state index is 11.1. The molecule has 2 aromatic rings. The average Bonchev–Trinajstić information content (AvgIpc) is 2.98. The minimum atomic E-state index is 0.377. The summed E-state index contributed by atoms with van der Waals surface area (Å²) in [6.45, 7) is 4.28. The zero-order chi connectivity index (χ0) is 12.3. The Balaban J connectivity index is 2.43. The molecule has 0 aliphatic carbocycles. The van der Waals surface area contributed by atoms with Crippen LogP contribution in [0.2, 0.25) is 0 Å². The summed E-state index contributed by atoms with van der Waals surface area (Å²) in [6.07, 6.45) is 4.81. The predicted octanol–water partition coefficient (Wildman–Crippen LogP) is 3.79. The summed E-state index contributed by atoms with van der Waals surface area (Å²) in [5, 5.41) is 6.56. The van der Waals surface area contributed by atoms with Crippen molar-refractivity contribution >= 4 is 17.6 Å². The number of hydrogen-bond donors (Lipinski definition) is 0. The molecule has 4 heteroatoms. The van der Waals surface area contributed by atoms with E-state index in [0.717, 1.165) is 29.7 Å². The Morgan fingerprint density at radius 3 is 2.76 bits per heavy atom. The molecule has 0 saturated heterocycles. The maximum atomic E-state index is 11.1. The molecule has 0 fully saturated rings. The number of thiophene rings is 1. The van der Waals surface area contributed by atoms with Crippen LogP contribution in [0.15, 0.2) is 23.7 Å². The molecule has 0 N–H and O–H groups in total. The Hall–Kier alpha value is -1.42. The minimum absolute atomic E-state index is 0.377. The highest BCUT2D eigenvalue weighted by Crippen LogP contribution is 2.27. The molecule has 2 aromatic heterocycles. The van der Waals surface area contributed by atoms with Crippen molar-refractivity contribution in [2.45, 2.75) is 32.7 Å². The van der Waals surface area contributed by atoms with Gasteiger partial charge in [-0.3, -0.25) is 9.48 Å². The van der Waals surface area contributed by atoms with Crippen LogP contribution in [-0.2, 0) is 0 Å². The summed E-state index contributed by atoms with van der Waals surface area (Å²) in [5.74, 6) is 0. The molecule has 0 radical (unpaired) electrons. The smallest absolute Gasteiger partial charge is 0.153 e. The fourth-order valence-corrected chi connectivity index (χ4v) is 2.68. The van der Waals surface area contributed by atoms with Gasteiger partial charge in [-0.1, -0.05) is 19.9 Å². The van der Waals surface area contributed by atoms with Gasteiger partial charge in [0.1, 0.15) is 5.69 Å². The molecular weight excluding hydrogens is 232 g/mol. The third-order valence-electron chi connectivity index (χ3n) is 2.96. The van der Waals surface area contributed by atoms with E-state index in [1.165, 1.54) is 0 Å². The molecule has 0 aliphatic heterocycles. The van der Waals surface area contributed by atoms with Crippen molar-refractivity contribution in [2.75, 3.05) is 0 Å². The van der Waals surface area contributed by atoms with Crippen LogP contribution in [0.4, 0.5) is 0 Å². The van der Waals surface area contributed by atoms with Crippen molar-refractivity contribution in [3.05, 3.63) is 29.3 Å². The maximum Gasteiger partial charge on any atom is 0.153 e. The molecule has 90 valence electrons. The van der Waals surface area contributed by atoms with Gasteiger partial charge in [-0.15, -0.1) is 11.3 Å². The van der Waals surface area contributed by atoms with E-state index in [4.69, 9.17) is 0 Å². The van der Waals surface area contributed by atoms with Crippen molar-refractivity contribution < 1.29 is 4.79 Å². The predicted molar refractivity (Wildman–Crippen MR) is 70.5 cm³/mol. The number of carbonyl (C=O) groups is 1. The van der Waals surface area contributed by atoms with Crippen molar-refractivity contribution in [1.29, 1.82) is 0 Å². The molecule has 2 rings (SSSR count). The van der Waals surface area contributed by atoms with Crippen LogP contribution in [-0.4, -0.2) is 16.1 Å². The Bertz CT molecular complexity index is 483. The highest BCUT2D eigenvalue weighted by Gasteiger charge is 2.15. The summed E-state index contributed by atoms with van der Waals surface area (Å²) in [6, 6.07) is 4.35. The van der Waals surface area contributed by atoms with E-state index in [2.05, 4.69) is 18.9 Å². The van der Waals surface area contributed by atoms with Gasteiger partial charge >= 0.3 is 0 Å². The summed E-state index contributed by atoms with van der Waals surface area (Å²) < 4.78 is 1.93. The molecule has 0 unspecified atom stereocenters. The van der Waals surface area contributed by atoms with E-state index in [-0.39, 0.29) is 0 Å². The topological polar surface area (TPSA) is 34.9 Å². The molecule has 17 heavy (non-hydrogen) atoms. The van der Waals surface area contributed by atoms with Crippen molar-refractivity contribution in [2.24, 2.45) is 0 Å². The lowest BCUT2D eigenvalue weighted by Crippen LogP contribution is -2.07. The van der Waals surface area contributed by atoms with Gasteiger partial charge in [0.15, 0.2) is 6.29 Å². The first kappa shape index (κ1) is 12.0. The monoisotopic (exact) mass is 248 g/mol. The van der Waals surface area contributed by atoms with Crippen LogP contribution in [0, 0.1) is 0 Å². The van der Waals surface area contributed by atoms with Gasteiger partial charge in [-0.2, -0.15) is 5.10 Å². The first-order valence-electron chi connectivity index (χ1n) is 5.88. The van der Waals surface area contributed by atoms with E-state index in [0.29, 0.717) is 11.6 Å². The Labute approximate surface area is 105 Å². The summed E-state index contributed by atoms with van der Waals surface area (Å²) in [7, 11) is 0. The largest absolute Gasteiger partial charge is 0.298 e. The third-order valence-corrected chi connectivity index (χ3v) is 3.83. The zero-order valence-electron chi connectivity index (χ0n) is 10.1.